The van der Waals surface area contributed by atoms with Crippen molar-refractivity contribution in [1.29, 1.82) is 0 Å². The highest BCUT2D eigenvalue weighted by atomic mass is 32.3. The SMILES string of the molecule is CC(=O)c1ncc(S(N)(O)O)s1. The van der Waals surface area contributed by atoms with Crippen LogP contribution < -0.4 is 5.14 Å². The van der Waals surface area contributed by atoms with E-state index in [0.29, 0.717) is 0 Å². The van der Waals surface area contributed by atoms with Gasteiger partial charge in [-0.3, -0.25) is 13.9 Å². The zero-order valence-corrected chi connectivity index (χ0v) is 7.85. The maximum Gasteiger partial charge on any atom is 0.188 e. The van der Waals surface area contributed by atoms with Crippen LogP contribution in [-0.2, 0) is 0 Å². The first-order valence-corrected chi connectivity index (χ1v) is 5.36. The quantitative estimate of drug-likeness (QED) is 0.637. The van der Waals surface area contributed by atoms with Gasteiger partial charge in [-0.15, -0.1) is 10.8 Å². The third-order valence-electron chi connectivity index (χ3n) is 1.08. The van der Waals surface area contributed by atoms with Gasteiger partial charge in [0.1, 0.15) is 4.21 Å². The molecule has 0 radical (unpaired) electrons. The van der Waals surface area contributed by atoms with Crippen molar-refractivity contribution >= 4 is 27.9 Å². The van der Waals surface area contributed by atoms with E-state index in [-0.39, 0.29) is 15.0 Å². The monoisotopic (exact) mass is 208 g/mol. The minimum atomic E-state index is -3.21. The summed E-state index contributed by atoms with van der Waals surface area (Å²) < 4.78 is 18.1. The summed E-state index contributed by atoms with van der Waals surface area (Å²) in [6.07, 6.45) is 1.21. The Labute approximate surface area is 74.7 Å². The van der Waals surface area contributed by atoms with Crippen LogP contribution in [0.4, 0.5) is 0 Å². The number of ketones is 1. The zero-order valence-electron chi connectivity index (χ0n) is 6.22. The predicted molar refractivity (Wildman–Crippen MR) is 47.4 cm³/mol. The number of hydrogen-bond acceptors (Lipinski definition) is 6. The summed E-state index contributed by atoms with van der Waals surface area (Å²) in [6.45, 7) is 1.35. The lowest BCUT2D eigenvalue weighted by molar-refractivity contribution is 0.101. The molecule has 0 aromatic carbocycles. The van der Waals surface area contributed by atoms with Crippen molar-refractivity contribution < 1.29 is 13.9 Å². The van der Waals surface area contributed by atoms with Crippen LogP contribution in [0.2, 0.25) is 0 Å². The minimum Gasteiger partial charge on any atom is -0.292 e. The number of nitrogens with zero attached hydrogens (tertiary/aromatic N) is 1. The number of rotatable bonds is 2. The van der Waals surface area contributed by atoms with Gasteiger partial charge in [-0.25, -0.2) is 10.1 Å². The normalized spacial score (nSPS) is 13.0. The van der Waals surface area contributed by atoms with Crippen LogP contribution in [0.5, 0.6) is 0 Å². The molecule has 0 bridgehead atoms. The van der Waals surface area contributed by atoms with E-state index in [9.17, 15) is 4.79 Å². The van der Waals surface area contributed by atoms with Crippen LogP contribution in [0.3, 0.4) is 0 Å². The second-order valence-corrected chi connectivity index (χ2v) is 5.05. The van der Waals surface area contributed by atoms with Gasteiger partial charge in [0.25, 0.3) is 0 Å². The number of Topliss-reactive ketones (excluding diaryl/α,β-unsaturated/α-hetero) is 1. The van der Waals surface area contributed by atoms with Crippen LogP contribution in [0.1, 0.15) is 16.7 Å². The van der Waals surface area contributed by atoms with Crippen molar-refractivity contribution in [2.75, 3.05) is 0 Å². The number of carbonyl (C=O) groups is 1. The maximum absolute atomic E-state index is 10.7. The fraction of sp³-hybridized carbons (Fsp3) is 0.200. The van der Waals surface area contributed by atoms with Crippen molar-refractivity contribution in [3.05, 3.63) is 11.2 Å². The van der Waals surface area contributed by atoms with Gasteiger partial charge in [0.2, 0.25) is 0 Å². The average Bonchev–Trinajstić information content (AvgIpc) is 2.30. The molecular weight excluding hydrogens is 200 g/mol. The molecule has 0 unspecified atom stereocenters. The molecule has 0 atom stereocenters. The molecule has 0 fully saturated rings. The fourth-order valence-electron chi connectivity index (χ4n) is 0.561. The molecule has 12 heavy (non-hydrogen) atoms. The second-order valence-electron chi connectivity index (χ2n) is 2.13. The first kappa shape index (κ1) is 9.62. The summed E-state index contributed by atoms with van der Waals surface area (Å²) in [5, 5.41) is 5.26. The van der Waals surface area contributed by atoms with Gasteiger partial charge >= 0.3 is 0 Å². The maximum atomic E-state index is 10.7. The van der Waals surface area contributed by atoms with Crippen molar-refractivity contribution in [3.63, 3.8) is 0 Å². The van der Waals surface area contributed by atoms with E-state index in [0.717, 1.165) is 11.3 Å². The molecule has 0 spiro atoms. The summed E-state index contributed by atoms with van der Waals surface area (Å²) >= 11 is 0.899. The highest BCUT2D eigenvalue weighted by molar-refractivity contribution is 8.23. The lowest BCUT2D eigenvalue weighted by atomic mass is 10.5. The molecule has 0 aliphatic heterocycles. The third-order valence-corrected chi connectivity index (χ3v) is 3.66. The standard InChI is InChI=1S/C5H8N2O3S2/c1-3(8)5-7-2-4(11-5)12(6,9)10/h2,9-10H,6H2,1H3. The molecule has 7 heteroatoms. The molecule has 0 aliphatic carbocycles. The number of aromatic nitrogens is 1. The van der Waals surface area contributed by atoms with E-state index in [1.54, 1.807) is 0 Å². The Hall–Kier alpha value is -0.470. The van der Waals surface area contributed by atoms with Crippen LogP contribution in [0, 0.1) is 0 Å². The van der Waals surface area contributed by atoms with Crippen molar-refractivity contribution in [1.82, 2.24) is 4.98 Å². The van der Waals surface area contributed by atoms with Crippen molar-refractivity contribution in [2.24, 2.45) is 5.14 Å². The summed E-state index contributed by atoms with van der Waals surface area (Å²) in [5.74, 6) is -0.213. The number of carbonyl (C=O) groups excluding carboxylic acids is 1. The smallest absolute Gasteiger partial charge is 0.188 e. The molecular formula is C5H8N2O3S2. The summed E-state index contributed by atoms with van der Waals surface area (Å²) in [5.41, 5.74) is 0. The summed E-state index contributed by atoms with van der Waals surface area (Å²) in [7, 11) is -3.21. The van der Waals surface area contributed by atoms with E-state index in [2.05, 4.69) is 4.98 Å². The zero-order chi connectivity index (χ0) is 9.35. The molecule has 0 aliphatic rings. The first-order chi connectivity index (χ1) is 5.41. The topological polar surface area (TPSA) is 96.4 Å². The number of nitrogens with two attached hydrogens (primary N) is 1. The van der Waals surface area contributed by atoms with Crippen molar-refractivity contribution in [3.8, 4) is 0 Å². The largest absolute Gasteiger partial charge is 0.292 e. The second kappa shape index (κ2) is 3.11. The molecule has 0 saturated heterocycles. The van der Waals surface area contributed by atoms with Crippen LogP contribution in [-0.4, -0.2) is 19.9 Å². The van der Waals surface area contributed by atoms with Gasteiger partial charge in [0, 0.05) is 6.92 Å². The molecule has 1 aromatic heterocycles. The predicted octanol–water partition coefficient (Wildman–Crippen LogP) is 1.33. The van der Waals surface area contributed by atoms with Crippen LogP contribution >= 0.6 is 22.1 Å². The number of hydrogen-bond donors (Lipinski definition) is 3. The van der Waals surface area contributed by atoms with Gasteiger partial charge in [0.05, 0.1) is 6.20 Å². The summed E-state index contributed by atoms with van der Waals surface area (Å²) in [4.78, 5) is 14.4. The van der Waals surface area contributed by atoms with Crippen LogP contribution in [0.25, 0.3) is 0 Å². The highest BCUT2D eigenvalue weighted by Gasteiger charge is 2.15. The van der Waals surface area contributed by atoms with E-state index >= 15 is 0 Å². The van der Waals surface area contributed by atoms with Crippen LogP contribution in [0.15, 0.2) is 10.4 Å². The average molecular weight is 208 g/mol. The van der Waals surface area contributed by atoms with Gasteiger partial charge in [0.15, 0.2) is 10.8 Å². The number of thiazole rings is 1. The Balaban J connectivity index is 3.00. The Morgan fingerprint density at radius 1 is 1.75 bits per heavy atom. The first-order valence-electron chi connectivity index (χ1n) is 2.94. The molecule has 68 valence electrons. The van der Waals surface area contributed by atoms with Crippen molar-refractivity contribution in [2.45, 2.75) is 11.1 Å². The van der Waals surface area contributed by atoms with E-state index < -0.39 is 10.8 Å². The van der Waals surface area contributed by atoms with E-state index in [1.165, 1.54) is 13.1 Å². The molecule has 1 heterocycles. The van der Waals surface area contributed by atoms with Gasteiger partial charge in [-0.1, -0.05) is 11.3 Å². The van der Waals surface area contributed by atoms with Gasteiger partial charge in [-0.2, -0.15) is 0 Å². The van der Waals surface area contributed by atoms with Gasteiger partial charge < -0.3 is 0 Å². The molecule has 0 saturated carbocycles. The molecule has 4 N–H and O–H groups in total. The molecule has 1 rings (SSSR count). The third kappa shape index (κ3) is 2.02. The lowest BCUT2D eigenvalue weighted by Gasteiger charge is -2.22. The molecule has 5 nitrogen and oxygen atoms in total. The highest BCUT2D eigenvalue weighted by Crippen LogP contribution is 2.43. The molecule has 0 amide bonds. The minimum absolute atomic E-state index is 0.132. The Morgan fingerprint density at radius 2 is 2.33 bits per heavy atom. The van der Waals surface area contributed by atoms with E-state index in [4.69, 9.17) is 14.2 Å². The fourth-order valence-corrected chi connectivity index (χ4v) is 2.04. The van der Waals surface area contributed by atoms with E-state index in [1.807, 2.05) is 0 Å². The Kier molecular flexibility index (Phi) is 2.49. The summed E-state index contributed by atoms with van der Waals surface area (Å²) in [6, 6.07) is 0. The molecule has 1 aromatic rings. The Morgan fingerprint density at radius 3 is 2.58 bits per heavy atom. The Bertz CT molecular complexity index is 304. The lowest BCUT2D eigenvalue weighted by Crippen LogP contribution is -2.06. The van der Waals surface area contributed by atoms with Gasteiger partial charge in [-0.05, 0) is 0 Å².